The number of hydrogen-bond donors (Lipinski definition) is 4. The normalized spacial score (nSPS) is 10.7. The molecule has 0 aliphatic rings. The minimum Gasteiger partial charge on any atom is -0.481 e. The molecule has 0 amide bonds. The molecule has 0 aliphatic carbocycles. The van der Waals surface area contributed by atoms with Gasteiger partial charge in [0.25, 0.3) is 0 Å². The first-order valence-electron chi connectivity index (χ1n) is 7.01. The van der Waals surface area contributed by atoms with Crippen molar-refractivity contribution < 1.29 is 15.0 Å². The lowest BCUT2D eigenvalue weighted by molar-refractivity contribution is -0.137. The summed E-state index contributed by atoms with van der Waals surface area (Å²) in [6, 6.07) is 0. The number of unbranched alkanes of at least 4 members (excludes halogenated alkanes) is 6. The molecular formula is C13H28N2O3. The van der Waals surface area contributed by atoms with Crippen LogP contribution in [0.15, 0.2) is 0 Å². The fourth-order valence-corrected chi connectivity index (χ4v) is 1.79. The number of carboxylic acids is 1. The summed E-state index contributed by atoms with van der Waals surface area (Å²) in [6.45, 7) is 2.78. The standard InChI is InChI=1S/C13H28N2O3/c16-12-15-11-10-14-9-7-5-3-1-2-4-6-8-13(17)18/h14-16H,1-12H2,(H,17,18). The zero-order chi connectivity index (χ0) is 13.5. The summed E-state index contributed by atoms with van der Waals surface area (Å²) in [5, 5.41) is 23.1. The van der Waals surface area contributed by atoms with Gasteiger partial charge in [-0.2, -0.15) is 0 Å². The van der Waals surface area contributed by atoms with Gasteiger partial charge in [-0.1, -0.05) is 32.1 Å². The molecule has 0 heterocycles. The predicted molar refractivity (Wildman–Crippen MR) is 72.5 cm³/mol. The second-order valence-corrected chi connectivity index (χ2v) is 4.53. The Hall–Kier alpha value is -0.650. The first-order valence-corrected chi connectivity index (χ1v) is 7.01. The van der Waals surface area contributed by atoms with E-state index in [0.717, 1.165) is 38.9 Å². The van der Waals surface area contributed by atoms with Crippen molar-refractivity contribution in [3.05, 3.63) is 0 Å². The summed E-state index contributed by atoms with van der Waals surface area (Å²) in [4.78, 5) is 10.3. The van der Waals surface area contributed by atoms with Gasteiger partial charge in [-0.3, -0.25) is 10.1 Å². The van der Waals surface area contributed by atoms with E-state index in [9.17, 15) is 4.79 Å². The van der Waals surface area contributed by atoms with E-state index in [2.05, 4.69) is 10.6 Å². The van der Waals surface area contributed by atoms with Crippen LogP contribution >= 0.6 is 0 Å². The maximum absolute atomic E-state index is 10.3. The molecule has 0 aliphatic heterocycles. The molecule has 0 aromatic carbocycles. The Labute approximate surface area is 110 Å². The van der Waals surface area contributed by atoms with Crippen molar-refractivity contribution in [2.45, 2.75) is 51.4 Å². The maximum Gasteiger partial charge on any atom is 0.303 e. The van der Waals surface area contributed by atoms with Gasteiger partial charge < -0.3 is 15.5 Å². The van der Waals surface area contributed by atoms with Gasteiger partial charge in [-0.15, -0.1) is 0 Å². The maximum atomic E-state index is 10.3. The number of carboxylic acid groups (broad SMARTS) is 1. The van der Waals surface area contributed by atoms with Gasteiger partial charge in [0, 0.05) is 19.5 Å². The predicted octanol–water partition coefficient (Wildman–Crippen LogP) is 1.32. The highest BCUT2D eigenvalue weighted by Crippen LogP contribution is 2.08. The van der Waals surface area contributed by atoms with Gasteiger partial charge in [0.2, 0.25) is 0 Å². The van der Waals surface area contributed by atoms with Gasteiger partial charge >= 0.3 is 5.97 Å². The molecule has 0 rings (SSSR count). The van der Waals surface area contributed by atoms with E-state index in [1.807, 2.05) is 0 Å². The van der Waals surface area contributed by atoms with E-state index in [1.165, 1.54) is 25.7 Å². The highest BCUT2D eigenvalue weighted by Gasteiger charge is 1.96. The molecule has 0 spiro atoms. The van der Waals surface area contributed by atoms with E-state index in [0.29, 0.717) is 6.42 Å². The first kappa shape index (κ1) is 17.4. The van der Waals surface area contributed by atoms with Crippen LogP contribution in [0.2, 0.25) is 0 Å². The Morgan fingerprint density at radius 1 is 0.778 bits per heavy atom. The van der Waals surface area contributed by atoms with E-state index in [-0.39, 0.29) is 6.73 Å². The number of nitrogens with one attached hydrogen (secondary N) is 2. The van der Waals surface area contributed by atoms with E-state index in [4.69, 9.17) is 10.2 Å². The van der Waals surface area contributed by atoms with Crippen molar-refractivity contribution in [3.63, 3.8) is 0 Å². The second-order valence-electron chi connectivity index (χ2n) is 4.53. The van der Waals surface area contributed by atoms with E-state index < -0.39 is 5.97 Å². The van der Waals surface area contributed by atoms with Gasteiger partial charge in [-0.05, 0) is 19.4 Å². The molecule has 0 fully saturated rings. The van der Waals surface area contributed by atoms with Crippen LogP contribution in [0.1, 0.15) is 51.4 Å². The number of aliphatic carboxylic acids is 1. The number of carbonyl (C=O) groups is 1. The molecular weight excluding hydrogens is 232 g/mol. The van der Waals surface area contributed by atoms with Gasteiger partial charge in [0.05, 0.1) is 6.73 Å². The Morgan fingerprint density at radius 3 is 1.94 bits per heavy atom. The summed E-state index contributed by atoms with van der Waals surface area (Å²) in [7, 11) is 0. The van der Waals surface area contributed by atoms with Gasteiger partial charge in [-0.25, -0.2) is 0 Å². The Morgan fingerprint density at radius 2 is 1.33 bits per heavy atom. The van der Waals surface area contributed by atoms with Crippen molar-refractivity contribution in [1.82, 2.24) is 10.6 Å². The SMILES string of the molecule is O=C(O)CCCCCCCCCNCCNCO. The summed E-state index contributed by atoms with van der Waals surface area (Å²) >= 11 is 0. The smallest absolute Gasteiger partial charge is 0.303 e. The number of aliphatic hydroxyl groups is 1. The van der Waals surface area contributed by atoms with Crippen LogP contribution < -0.4 is 10.6 Å². The zero-order valence-electron chi connectivity index (χ0n) is 11.3. The second kappa shape index (κ2) is 14.4. The first-order chi connectivity index (χ1) is 8.77. The van der Waals surface area contributed by atoms with Crippen LogP contribution in [0, 0.1) is 0 Å². The van der Waals surface area contributed by atoms with Crippen molar-refractivity contribution in [2.24, 2.45) is 0 Å². The molecule has 0 saturated heterocycles. The Balaban J connectivity index is 2.92. The van der Waals surface area contributed by atoms with E-state index in [1.54, 1.807) is 0 Å². The topological polar surface area (TPSA) is 81.6 Å². The van der Waals surface area contributed by atoms with E-state index >= 15 is 0 Å². The highest BCUT2D eigenvalue weighted by atomic mass is 16.4. The largest absolute Gasteiger partial charge is 0.481 e. The highest BCUT2D eigenvalue weighted by molar-refractivity contribution is 5.66. The number of aliphatic hydroxyl groups excluding tert-OH is 1. The molecule has 0 unspecified atom stereocenters. The van der Waals surface area contributed by atoms with Crippen LogP contribution in [0.5, 0.6) is 0 Å². The molecule has 5 nitrogen and oxygen atoms in total. The van der Waals surface area contributed by atoms with Crippen LogP contribution in [0.3, 0.4) is 0 Å². The summed E-state index contributed by atoms with van der Waals surface area (Å²) in [5.74, 6) is -0.684. The van der Waals surface area contributed by atoms with Crippen LogP contribution in [-0.2, 0) is 4.79 Å². The quantitative estimate of drug-likeness (QED) is 0.280. The van der Waals surface area contributed by atoms with Crippen LogP contribution in [0.4, 0.5) is 0 Å². The Bertz CT molecular complexity index is 189. The number of hydrogen-bond acceptors (Lipinski definition) is 4. The summed E-state index contributed by atoms with van der Waals surface area (Å²) < 4.78 is 0. The van der Waals surface area contributed by atoms with Crippen molar-refractivity contribution in [2.75, 3.05) is 26.4 Å². The lowest BCUT2D eigenvalue weighted by atomic mass is 10.1. The average Bonchev–Trinajstić information content (AvgIpc) is 2.34. The third-order valence-electron chi connectivity index (χ3n) is 2.83. The molecule has 5 heteroatoms. The minimum atomic E-state index is -0.684. The average molecular weight is 260 g/mol. The molecule has 4 N–H and O–H groups in total. The molecule has 0 aromatic heterocycles. The molecule has 0 atom stereocenters. The van der Waals surface area contributed by atoms with Crippen molar-refractivity contribution in [3.8, 4) is 0 Å². The molecule has 18 heavy (non-hydrogen) atoms. The fraction of sp³-hybridized carbons (Fsp3) is 0.923. The van der Waals surface area contributed by atoms with Gasteiger partial charge in [0.15, 0.2) is 0 Å². The minimum absolute atomic E-state index is 0.0452. The van der Waals surface area contributed by atoms with Crippen LogP contribution in [-0.4, -0.2) is 42.5 Å². The summed E-state index contributed by atoms with van der Waals surface area (Å²) in [6.07, 6.45) is 8.20. The van der Waals surface area contributed by atoms with Crippen molar-refractivity contribution in [1.29, 1.82) is 0 Å². The fourth-order valence-electron chi connectivity index (χ4n) is 1.79. The number of rotatable bonds is 14. The molecule has 0 bridgehead atoms. The molecule has 0 saturated carbocycles. The van der Waals surface area contributed by atoms with Crippen LogP contribution in [0.25, 0.3) is 0 Å². The lowest BCUT2D eigenvalue weighted by Gasteiger charge is -2.05. The lowest BCUT2D eigenvalue weighted by Crippen LogP contribution is -2.28. The Kier molecular flexibility index (Phi) is 13.9. The monoisotopic (exact) mass is 260 g/mol. The molecule has 0 aromatic rings. The van der Waals surface area contributed by atoms with Gasteiger partial charge in [0.1, 0.15) is 0 Å². The third kappa shape index (κ3) is 15.4. The third-order valence-corrected chi connectivity index (χ3v) is 2.83. The van der Waals surface area contributed by atoms with Crippen molar-refractivity contribution >= 4 is 5.97 Å². The summed E-state index contributed by atoms with van der Waals surface area (Å²) in [5.41, 5.74) is 0. The molecule has 0 radical (unpaired) electrons. The molecule has 108 valence electrons. The zero-order valence-corrected chi connectivity index (χ0v) is 11.3.